The van der Waals surface area contributed by atoms with Crippen molar-refractivity contribution in [2.24, 2.45) is 5.41 Å². The number of fused-ring (bicyclic) bond motifs is 1. The van der Waals surface area contributed by atoms with Crippen molar-refractivity contribution in [2.45, 2.75) is 57.8 Å². The number of carbonyl (C=O) groups excluding carboxylic acids is 2. The van der Waals surface area contributed by atoms with Gasteiger partial charge in [-0.15, -0.1) is 0 Å². The number of imidazole rings is 1. The third kappa shape index (κ3) is 12.9. The molecule has 4 unspecified atom stereocenters. The van der Waals surface area contributed by atoms with Crippen LogP contribution in [0.5, 0.6) is 0 Å². The van der Waals surface area contributed by atoms with Crippen LogP contribution in [0.4, 0.5) is 5.82 Å². The van der Waals surface area contributed by atoms with E-state index in [0.717, 1.165) is 23.0 Å². The Labute approximate surface area is 300 Å². The summed E-state index contributed by atoms with van der Waals surface area (Å²) < 4.78 is 62.0. The highest BCUT2D eigenvalue weighted by molar-refractivity contribution is 8.19. The molecular weight excluding hydrogens is 779 g/mol. The first-order chi connectivity index (χ1) is 24.1. The molecule has 0 radical (unpaired) electrons. The minimum Gasteiger partial charge on any atom is -0.386 e. The third-order valence-electron chi connectivity index (χ3n) is 7.27. The zero-order chi connectivity index (χ0) is 39.1. The average Bonchev–Trinajstić information content (AvgIpc) is 3.59. The topological polar surface area (TPSA) is 347 Å². The van der Waals surface area contributed by atoms with E-state index in [1.54, 1.807) is 0 Å². The van der Waals surface area contributed by atoms with Gasteiger partial charge in [-0.05, 0) is 18.9 Å². The normalized spacial score (nSPS) is 23.6. The van der Waals surface area contributed by atoms with Crippen molar-refractivity contribution < 1.29 is 75.7 Å². The van der Waals surface area contributed by atoms with Gasteiger partial charge < -0.3 is 50.9 Å². The lowest BCUT2D eigenvalue weighted by Crippen LogP contribution is -2.46. The van der Waals surface area contributed by atoms with Gasteiger partial charge in [0, 0.05) is 24.9 Å². The molecule has 1 fully saturated rings. The molecule has 0 bridgehead atoms. The molecule has 8 atom stereocenters. The van der Waals surface area contributed by atoms with Crippen molar-refractivity contribution >= 4 is 63.2 Å². The number of thiol groups is 1. The monoisotopic (exact) mass is 823 g/mol. The molecule has 296 valence electrons. The number of anilines is 1. The van der Waals surface area contributed by atoms with Crippen molar-refractivity contribution in [3.8, 4) is 0 Å². The van der Waals surface area contributed by atoms with Crippen LogP contribution in [0.1, 0.15) is 33.4 Å². The number of hydrogen-bond acceptors (Lipinski definition) is 16. The maximum Gasteiger partial charge on any atom is 0.481 e. The zero-order valence-electron chi connectivity index (χ0n) is 28.4. The summed E-state index contributed by atoms with van der Waals surface area (Å²) in [5, 5.41) is 28.6. The number of aliphatic hydroxyl groups excluding tert-OH is 2. The Bertz CT molecular complexity index is 1730. The van der Waals surface area contributed by atoms with Crippen molar-refractivity contribution in [2.75, 3.05) is 44.0 Å². The van der Waals surface area contributed by atoms with Crippen LogP contribution in [0.25, 0.3) is 11.2 Å². The van der Waals surface area contributed by atoms with Crippen molar-refractivity contribution in [3.63, 3.8) is 0 Å². The van der Waals surface area contributed by atoms with E-state index in [1.165, 1.54) is 13.8 Å². The van der Waals surface area contributed by atoms with Gasteiger partial charge >= 0.3 is 23.5 Å². The number of aliphatic hydroxyl groups is 2. The first-order valence-corrected chi connectivity index (χ1v) is 21.8. The standard InChI is InChI=1S/C25H44N7O16P3S/c1-5-9-52(4)10-8-27-16(33)6-7-28-23(36)20(35)25(2,3)12-45-51(42,43)48-50(40,41)44-11-15-19(47-49(37,38)39)18(34)24(46-15)32-14-31-17-21(26)29-13-30-22(17)32/h5,9,13-15,18-20,24,34-35,52H,6-8,10-12H2,1-4H3,(H,27,33)(H,28,36)(H,40,41)(H,42,43)(H2,26,29,30)(H2,37,38,39)/t15-,18-,19-,20?,24-/m1/s1. The summed E-state index contributed by atoms with van der Waals surface area (Å²) in [6, 6.07) is 0. The van der Waals surface area contributed by atoms with Crippen LogP contribution in [0.2, 0.25) is 0 Å². The van der Waals surface area contributed by atoms with Gasteiger partial charge in [0.2, 0.25) is 11.8 Å². The maximum atomic E-state index is 12.6. The van der Waals surface area contributed by atoms with Crippen LogP contribution in [-0.4, -0.2) is 124 Å². The second-order valence-electron chi connectivity index (χ2n) is 12.0. The number of nitrogen functional groups attached to an aromatic ring is 1. The van der Waals surface area contributed by atoms with E-state index in [0.29, 0.717) is 6.54 Å². The van der Waals surface area contributed by atoms with Crippen LogP contribution in [0.15, 0.2) is 24.1 Å². The van der Waals surface area contributed by atoms with Gasteiger partial charge in [-0.3, -0.25) is 27.7 Å². The number of phosphoric ester groups is 3. The van der Waals surface area contributed by atoms with Crippen LogP contribution in [-0.2, 0) is 45.9 Å². The summed E-state index contributed by atoms with van der Waals surface area (Å²) in [5.41, 5.74) is 4.31. The largest absolute Gasteiger partial charge is 0.481 e. The summed E-state index contributed by atoms with van der Waals surface area (Å²) in [6.07, 6.45) is -2.71. The smallest absolute Gasteiger partial charge is 0.386 e. The number of nitrogens with zero attached hydrogens (tertiary/aromatic N) is 4. The van der Waals surface area contributed by atoms with E-state index in [2.05, 4.69) is 46.1 Å². The number of allylic oxidation sites excluding steroid dienone is 1. The molecular formula is C25H44N7O16P3S. The fourth-order valence-corrected chi connectivity index (χ4v) is 8.59. The fourth-order valence-electron chi connectivity index (χ4n) is 4.64. The number of nitrogens with two attached hydrogens (primary N) is 1. The first kappa shape index (κ1) is 44.0. The molecule has 2 aromatic heterocycles. The lowest BCUT2D eigenvalue weighted by molar-refractivity contribution is -0.137. The summed E-state index contributed by atoms with van der Waals surface area (Å²) in [4.78, 5) is 75.4. The van der Waals surface area contributed by atoms with Crippen LogP contribution in [0, 0.1) is 5.41 Å². The Kier molecular flexibility index (Phi) is 15.5. The van der Waals surface area contributed by atoms with Gasteiger partial charge in [0.1, 0.15) is 36.3 Å². The van der Waals surface area contributed by atoms with Crippen molar-refractivity contribution in [1.82, 2.24) is 30.2 Å². The van der Waals surface area contributed by atoms with Gasteiger partial charge in [0.15, 0.2) is 17.7 Å². The number of rotatable bonds is 20. The van der Waals surface area contributed by atoms with Crippen LogP contribution in [0.3, 0.4) is 0 Å². The highest BCUT2D eigenvalue weighted by atomic mass is 32.2. The number of amides is 2. The lowest BCUT2D eigenvalue weighted by atomic mass is 9.87. The van der Waals surface area contributed by atoms with Gasteiger partial charge in [-0.2, -0.15) is 4.31 Å². The maximum absolute atomic E-state index is 12.6. The van der Waals surface area contributed by atoms with E-state index in [9.17, 15) is 53.1 Å². The molecule has 0 spiro atoms. The molecule has 0 aromatic carbocycles. The van der Waals surface area contributed by atoms with Gasteiger partial charge in [-0.1, -0.05) is 25.3 Å². The lowest BCUT2D eigenvalue weighted by Gasteiger charge is -2.30. The van der Waals surface area contributed by atoms with E-state index >= 15 is 0 Å². The van der Waals surface area contributed by atoms with Crippen molar-refractivity contribution in [1.29, 1.82) is 0 Å². The van der Waals surface area contributed by atoms with Gasteiger partial charge in [0.05, 0.1) is 19.5 Å². The quantitative estimate of drug-likeness (QED) is 0.0598. The summed E-state index contributed by atoms with van der Waals surface area (Å²) in [7, 11) is -16.7. The Morgan fingerprint density at radius 1 is 1.12 bits per heavy atom. The summed E-state index contributed by atoms with van der Waals surface area (Å²) in [6.45, 7) is 2.83. The minimum absolute atomic E-state index is 0.0347. The molecule has 1 aliphatic rings. The number of nitrogens with one attached hydrogen (secondary N) is 2. The molecule has 23 nitrogen and oxygen atoms in total. The number of carbonyl (C=O) groups is 2. The molecule has 0 saturated carbocycles. The molecule has 1 saturated heterocycles. The number of hydrogen-bond donors (Lipinski definition) is 10. The van der Waals surface area contributed by atoms with E-state index in [-0.39, 0.29) is 46.7 Å². The minimum atomic E-state index is -5.54. The Morgan fingerprint density at radius 2 is 1.79 bits per heavy atom. The molecule has 2 amide bonds. The Balaban J connectivity index is 1.54. The zero-order valence-corrected chi connectivity index (χ0v) is 31.9. The first-order valence-electron chi connectivity index (χ1n) is 15.3. The van der Waals surface area contributed by atoms with E-state index in [1.807, 2.05) is 13.0 Å². The highest BCUT2D eigenvalue weighted by Gasteiger charge is 2.50. The second kappa shape index (κ2) is 18.3. The fraction of sp³-hybridized carbons (Fsp3) is 0.640. The third-order valence-corrected chi connectivity index (χ3v) is 12.1. The molecule has 0 aliphatic carbocycles. The van der Waals surface area contributed by atoms with E-state index < -0.39 is 78.6 Å². The molecule has 1 aliphatic heterocycles. The Morgan fingerprint density at radius 3 is 2.44 bits per heavy atom. The number of aromatic nitrogens is 4. The Hall–Kier alpha value is -2.37. The highest BCUT2D eigenvalue weighted by Crippen LogP contribution is 2.61. The molecule has 10 N–H and O–H groups in total. The van der Waals surface area contributed by atoms with Crippen molar-refractivity contribution in [3.05, 3.63) is 24.1 Å². The van der Waals surface area contributed by atoms with Gasteiger partial charge in [-0.25, -0.2) is 39.5 Å². The van der Waals surface area contributed by atoms with Crippen LogP contribution >= 0.6 is 34.4 Å². The molecule has 3 rings (SSSR count). The summed E-state index contributed by atoms with van der Waals surface area (Å²) in [5.74, 6) is -0.497. The SMILES string of the molecule is CC=C[SH](C)CCNC(=O)CCNC(=O)C(O)C(C)(C)COP(=O)(O)OP(=O)(O)OC[C@H]1O[C@@H](n2cnc3c(N)ncnc32)[C@H](O)[C@@H]1OP(=O)(O)O. The summed E-state index contributed by atoms with van der Waals surface area (Å²) >= 11 is 0. The van der Waals surface area contributed by atoms with Crippen LogP contribution < -0.4 is 16.4 Å². The number of ether oxygens (including phenoxy) is 1. The number of phosphoric acid groups is 3. The predicted octanol–water partition coefficient (Wildman–Crippen LogP) is -0.430. The molecule has 2 aromatic rings. The average molecular weight is 824 g/mol. The predicted molar refractivity (Wildman–Crippen MR) is 184 cm³/mol. The molecule has 3 heterocycles. The second-order valence-corrected chi connectivity index (χ2v) is 18.5. The molecule has 52 heavy (non-hydrogen) atoms. The van der Waals surface area contributed by atoms with Gasteiger partial charge in [0.25, 0.3) is 0 Å². The van der Waals surface area contributed by atoms with E-state index in [4.69, 9.17) is 19.5 Å². The molecule has 27 heteroatoms.